The summed E-state index contributed by atoms with van der Waals surface area (Å²) in [6, 6.07) is -3.03. The molecule has 4 amide bonds. The predicted octanol–water partition coefficient (Wildman–Crippen LogP) is -1.14. The number of Topliss-reactive ketones (excluding diaryl/α,β-unsaturated/α-hetero) is 1. The van der Waals surface area contributed by atoms with Gasteiger partial charge < -0.3 is 35.5 Å². The first-order valence-electron chi connectivity index (χ1n) is 14.0. The largest absolute Gasteiger partial charge is 0.426 e. The number of esters is 2. The molecule has 0 heterocycles. The molecule has 0 aliphatic heterocycles. The molecule has 43 heavy (non-hydrogen) atoms. The van der Waals surface area contributed by atoms with Crippen LogP contribution >= 0.6 is 0 Å². The molecule has 3 unspecified atom stereocenters. The van der Waals surface area contributed by atoms with Crippen molar-refractivity contribution >= 4 is 41.4 Å². The number of nitrogens with one attached hydrogen (secondary N) is 5. The molecular formula is C27H47N5O11. The molecule has 5 N–H and O–H groups in total. The molecule has 16 nitrogen and oxygen atoms in total. The van der Waals surface area contributed by atoms with E-state index in [1.54, 1.807) is 13.8 Å². The van der Waals surface area contributed by atoms with Gasteiger partial charge in [0.2, 0.25) is 24.5 Å². The number of hydroxylamine groups is 1. The fourth-order valence-corrected chi connectivity index (χ4v) is 3.50. The highest BCUT2D eigenvalue weighted by Gasteiger charge is 2.27. The van der Waals surface area contributed by atoms with Gasteiger partial charge in [0, 0.05) is 13.7 Å². The number of rotatable bonds is 22. The van der Waals surface area contributed by atoms with E-state index in [2.05, 4.69) is 26.7 Å². The third kappa shape index (κ3) is 19.2. The van der Waals surface area contributed by atoms with Crippen molar-refractivity contribution < 1.29 is 52.6 Å². The number of carbonyl (C=O) groups is 7. The van der Waals surface area contributed by atoms with Crippen molar-refractivity contribution in [3.63, 3.8) is 0 Å². The van der Waals surface area contributed by atoms with Crippen LogP contribution in [-0.4, -0.2) is 100 Å². The number of hydrogen-bond donors (Lipinski definition) is 5. The summed E-state index contributed by atoms with van der Waals surface area (Å²) in [5.74, 6) is -4.80. The Morgan fingerprint density at radius 3 is 1.65 bits per heavy atom. The van der Waals surface area contributed by atoms with Gasteiger partial charge in [-0.1, -0.05) is 27.7 Å². The maximum absolute atomic E-state index is 12.7. The molecule has 16 heteroatoms. The Morgan fingerprint density at radius 1 is 0.698 bits per heavy atom. The van der Waals surface area contributed by atoms with Crippen LogP contribution in [0.5, 0.6) is 0 Å². The van der Waals surface area contributed by atoms with Crippen LogP contribution in [0.3, 0.4) is 0 Å². The highest BCUT2D eigenvalue weighted by molar-refractivity contribution is 5.99. The van der Waals surface area contributed by atoms with Crippen LogP contribution in [0.2, 0.25) is 0 Å². The van der Waals surface area contributed by atoms with E-state index in [-0.39, 0.29) is 56.6 Å². The van der Waals surface area contributed by atoms with Crippen molar-refractivity contribution in [3.05, 3.63) is 0 Å². The van der Waals surface area contributed by atoms with Crippen molar-refractivity contribution in [2.75, 3.05) is 40.7 Å². The Balaban J connectivity index is 4.91. The van der Waals surface area contributed by atoms with E-state index in [1.807, 2.05) is 13.8 Å². The van der Waals surface area contributed by atoms with Gasteiger partial charge in [-0.15, -0.1) is 0 Å². The third-order valence-electron chi connectivity index (χ3n) is 5.52. The van der Waals surface area contributed by atoms with Gasteiger partial charge in [0.1, 0.15) is 30.3 Å². The lowest BCUT2D eigenvalue weighted by atomic mass is 10.0. The van der Waals surface area contributed by atoms with Gasteiger partial charge in [0.25, 0.3) is 5.91 Å². The molecule has 0 aromatic heterocycles. The number of ether oxygens (including phenoxy) is 3. The van der Waals surface area contributed by atoms with Crippen LogP contribution in [0.25, 0.3) is 0 Å². The van der Waals surface area contributed by atoms with Crippen molar-refractivity contribution in [1.82, 2.24) is 26.7 Å². The fraction of sp³-hybridized carbons (Fsp3) is 0.741. The highest BCUT2D eigenvalue weighted by atomic mass is 16.7. The van der Waals surface area contributed by atoms with E-state index in [0.717, 1.165) is 0 Å². The maximum atomic E-state index is 12.7. The summed E-state index contributed by atoms with van der Waals surface area (Å²) in [7, 11) is 2.99. The first kappa shape index (κ1) is 39.4. The molecule has 0 spiro atoms. The minimum Gasteiger partial charge on any atom is -0.426 e. The smallest absolute Gasteiger partial charge is 0.331 e. The van der Waals surface area contributed by atoms with E-state index in [9.17, 15) is 33.6 Å². The van der Waals surface area contributed by atoms with Crippen LogP contribution < -0.4 is 26.7 Å². The third-order valence-corrected chi connectivity index (χ3v) is 5.52. The van der Waals surface area contributed by atoms with E-state index < -0.39 is 66.9 Å². The normalized spacial score (nSPS) is 13.0. The molecule has 0 bridgehead atoms. The summed E-state index contributed by atoms with van der Waals surface area (Å²) >= 11 is 0. The topological polar surface area (TPSA) is 217 Å². The predicted molar refractivity (Wildman–Crippen MR) is 152 cm³/mol. The zero-order valence-electron chi connectivity index (χ0n) is 26.0. The van der Waals surface area contributed by atoms with Crippen molar-refractivity contribution in [1.29, 1.82) is 0 Å². The first-order chi connectivity index (χ1) is 20.2. The van der Waals surface area contributed by atoms with Crippen LogP contribution in [0.4, 0.5) is 0 Å². The molecule has 0 aliphatic carbocycles. The van der Waals surface area contributed by atoms with Gasteiger partial charge in [-0.05, 0) is 38.6 Å². The average molecular weight is 618 g/mol. The van der Waals surface area contributed by atoms with Crippen LogP contribution in [0.1, 0.15) is 60.3 Å². The average Bonchev–Trinajstić information content (AvgIpc) is 2.89. The van der Waals surface area contributed by atoms with Gasteiger partial charge in [0.05, 0.1) is 19.6 Å². The van der Waals surface area contributed by atoms with E-state index in [4.69, 9.17) is 19.0 Å². The molecule has 3 atom stereocenters. The molecule has 0 aromatic rings. The second-order valence-electron chi connectivity index (χ2n) is 10.6. The van der Waals surface area contributed by atoms with E-state index in [0.29, 0.717) is 0 Å². The van der Waals surface area contributed by atoms with Crippen LogP contribution in [-0.2, 0) is 52.6 Å². The minimum atomic E-state index is -1.14. The number of hydrogen-bond acceptors (Lipinski definition) is 12. The first-order valence-corrected chi connectivity index (χ1v) is 14.0. The molecule has 246 valence electrons. The number of carbonyl (C=O) groups excluding carboxylic acids is 7. The standard InChI is InChI=1S/C27H47N5O11/c1-16(2)10-19(30-23(35)12-18(5)33)26(38)41-15-42-27(39)20(11-17(3)4)31-24(36)13-22(34)29-14-21(28-6)25(37)32-43-9-8-40-7/h16-17,19-21,28H,8-15H2,1-7H3,(H,29,34)(H,30,35)(H,31,36)(H,32,37). The zero-order chi connectivity index (χ0) is 32.9. The molecule has 0 aliphatic rings. The maximum Gasteiger partial charge on any atom is 0.331 e. The highest BCUT2D eigenvalue weighted by Crippen LogP contribution is 2.09. The Labute approximate surface area is 252 Å². The lowest BCUT2D eigenvalue weighted by Crippen LogP contribution is -2.50. The van der Waals surface area contributed by atoms with Gasteiger partial charge in [-0.2, -0.15) is 0 Å². The Hall–Kier alpha value is -3.63. The van der Waals surface area contributed by atoms with Crippen molar-refractivity contribution in [3.8, 4) is 0 Å². The molecule has 0 radical (unpaired) electrons. The fourth-order valence-electron chi connectivity index (χ4n) is 3.50. The lowest BCUT2D eigenvalue weighted by molar-refractivity contribution is -0.171. The molecule has 0 saturated heterocycles. The molecule has 0 fully saturated rings. The van der Waals surface area contributed by atoms with Crippen molar-refractivity contribution in [2.45, 2.75) is 78.4 Å². The summed E-state index contributed by atoms with van der Waals surface area (Å²) in [4.78, 5) is 90.2. The van der Waals surface area contributed by atoms with E-state index in [1.165, 1.54) is 21.1 Å². The molecule has 0 saturated carbocycles. The second-order valence-corrected chi connectivity index (χ2v) is 10.6. The summed E-state index contributed by atoms with van der Waals surface area (Å²) in [6.45, 7) is 8.00. The van der Waals surface area contributed by atoms with Gasteiger partial charge in [-0.3, -0.25) is 28.8 Å². The number of amides is 4. The molecule has 0 aromatic carbocycles. The van der Waals surface area contributed by atoms with Crippen molar-refractivity contribution in [2.24, 2.45) is 11.8 Å². The van der Waals surface area contributed by atoms with Gasteiger partial charge in [-0.25, -0.2) is 15.1 Å². The number of methoxy groups -OCH3 is 1. The Bertz CT molecular complexity index is 942. The Morgan fingerprint density at radius 2 is 1.21 bits per heavy atom. The molecule has 0 rings (SSSR count). The monoisotopic (exact) mass is 617 g/mol. The SMILES string of the molecule is CNC(CNC(=O)CC(=O)NC(CC(C)C)C(=O)OCOC(=O)C(CC(C)C)NC(=O)CC(C)=O)C(=O)NOCCOC. The van der Waals surface area contributed by atoms with Gasteiger partial charge in [0.15, 0.2) is 0 Å². The van der Waals surface area contributed by atoms with E-state index >= 15 is 0 Å². The van der Waals surface area contributed by atoms with Gasteiger partial charge >= 0.3 is 11.9 Å². The van der Waals surface area contributed by atoms with Crippen LogP contribution in [0.15, 0.2) is 0 Å². The lowest BCUT2D eigenvalue weighted by Gasteiger charge is -2.21. The second kappa shape index (κ2) is 22.0. The quantitative estimate of drug-likeness (QED) is 0.0320. The summed E-state index contributed by atoms with van der Waals surface area (Å²) in [5, 5.41) is 10.1. The summed E-state index contributed by atoms with van der Waals surface area (Å²) in [6.07, 6.45) is -0.619. The number of likely N-dealkylation sites (N-methyl/N-ethyl adjacent to an activating group) is 1. The summed E-state index contributed by atoms with van der Waals surface area (Å²) < 4.78 is 14.9. The zero-order valence-corrected chi connectivity index (χ0v) is 26.0. The number of ketones is 1. The summed E-state index contributed by atoms with van der Waals surface area (Å²) in [5.41, 5.74) is 2.22. The minimum absolute atomic E-state index is 0.00180. The Kier molecular flexibility index (Phi) is 20.1. The van der Waals surface area contributed by atoms with Crippen LogP contribution in [0, 0.1) is 11.8 Å². The molecular weight excluding hydrogens is 570 g/mol.